The molecule has 27 heavy (non-hydrogen) atoms. The molecule has 2 rings (SSSR count). The first kappa shape index (κ1) is 21.0. The van der Waals surface area contributed by atoms with Crippen molar-refractivity contribution in [3.63, 3.8) is 0 Å². The summed E-state index contributed by atoms with van der Waals surface area (Å²) in [6.07, 6.45) is 0.815. The Morgan fingerprint density at radius 3 is 2.59 bits per heavy atom. The van der Waals surface area contributed by atoms with Crippen molar-refractivity contribution in [1.82, 2.24) is 5.32 Å². The van der Waals surface area contributed by atoms with Gasteiger partial charge in [0, 0.05) is 10.5 Å². The van der Waals surface area contributed by atoms with Gasteiger partial charge in [0.1, 0.15) is 6.61 Å². The lowest BCUT2D eigenvalue weighted by atomic mass is 9.99. The molecule has 2 unspecified atom stereocenters. The Bertz CT molecular complexity index is 696. The number of amides is 1. The molecule has 8 nitrogen and oxygen atoms in total. The maximum Gasteiger partial charge on any atom is 0.409 e. The van der Waals surface area contributed by atoms with Crippen molar-refractivity contribution >= 4 is 29.8 Å². The maximum atomic E-state index is 12.4. The van der Waals surface area contributed by atoms with Gasteiger partial charge in [-0.3, -0.25) is 10.1 Å². The number of hydrogen-bond acceptors (Lipinski definition) is 8. The molecule has 0 aromatic heterocycles. The van der Waals surface area contributed by atoms with Crippen LogP contribution in [0.5, 0.6) is 0 Å². The van der Waals surface area contributed by atoms with Gasteiger partial charge in [0.15, 0.2) is 11.0 Å². The lowest BCUT2D eigenvalue weighted by Crippen LogP contribution is -2.56. The van der Waals surface area contributed by atoms with E-state index in [0.29, 0.717) is 12.0 Å². The summed E-state index contributed by atoms with van der Waals surface area (Å²) in [6.45, 7) is 1.74. The molecule has 1 aromatic carbocycles. The predicted octanol–water partition coefficient (Wildman–Crippen LogP) is 2.20. The lowest BCUT2D eigenvalue weighted by Gasteiger charge is -2.34. The molecule has 0 radical (unpaired) electrons. The summed E-state index contributed by atoms with van der Waals surface area (Å²) in [5.74, 6) is -1.25. The summed E-state index contributed by atoms with van der Waals surface area (Å²) in [7, 11) is 2.47. The standard InChI is InChI=1S/C18H23NO7S/c1-4-5-10-25-17(22)19-18(26-11-14(20)23-2)12-8-6-7-9-13(12)27-15(18)16(21)24-3/h6-9,15H,4-5,10-11H2,1-3H3,(H,19,22). The number of carbonyl (C=O) groups is 3. The molecule has 0 aliphatic carbocycles. The molecule has 0 saturated heterocycles. The molecule has 0 saturated carbocycles. The largest absolute Gasteiger partial charge is 0.468 e. The van der Waals surface area contributed by atoms with E-state index < -0.39 is 35.6 Å². The van der Waals surface area contributed by atoms with Crippen LogP contribution in [-0.2, 0) is 34.3 Å². The third-order valence-corrected chi connectivity index (χ3v) is 5.35. The Hall–Kier alpha value is -2.26. The Kier molecular flexibility index (Phi) is 7.49. The minimum Gasteiger partial charge on any atom is -0.468 e. The number of fused-ring (bicyclic) bond motifs is 1. The molecule has 0 spiro atoms. The van der Waals surface area contributed by atoms with Crippen LogP contribution in [-0.4, -0.2) is 50.7 Å². The van der Waals surface area contributed by atoms with Crippen LogP contribution >= 0.6 is 11.8 Å². The second-order valence-electron chi connectivity index (χ2n) is 5.73. The summed E-state index contributed by atoms with van der Waals surface area (Å²) < 4.78 is 20.5. The quantitative estimate of drug-likeness (QED) is 0.308. The molecule has 148 valence electrons. The first-order chi connectivity index (χ1) is 13.0. The second kappa shape index (κ2) is 9.61. The van der Waals surface area contributed by atoms with Gasteiger partial charge in [0.2, 0.25) is 0 Å². The Morgan fingerprint density at radius 1 is 1.19 bits per heavy atom. The van der Waals surface area contributed by atoms with Crippen LogP contribution in [0.2, 0.25) is 0 Å². The fourth-order valence-corrected chi connectivity index (χ4v) is 3.97. The first-order valence-corrected chi connectivity index (χ1v) is 9.36. The fraction of sp³-hybridized carbons (Fsp3) is 0.500. The molecule has 1 aliphatic heterocycles. The zero-order chi connectivity index (χ0) is 19.9. The highest BCUT2D eigenvalue weighted by Crippen LogP contribution is 2.49. The highest BCUT2D eigenvalue weighted by Gasteiger charge is 2.55. The smallest absolute Gasteiger partial charge is 0.409 e. The highest BCUT2D eigenvalue weighted by atomic mass is 32.2. The van der Waals surface area contributed by atoms with E-state index in [0.717, 1.165) is 11.3 Å². The van der Waals surface area contributed by atoms with Crippen LogP contribution < -0.4 is 5.32 Å². The highest BCUT2D eigenvalue weighted by molar-refractivity contribution is 8.01. The first-order valence-electron chi connectivity index (χ1n) is 8.48. The van der Waals surface area contributed by atoms with Crippen molar-refractivity contribution in [3.05, 3.63) is 29.8 Å². The predicted molar refractivity (Wildman–Crippen MR) is 97.1 cm³/mol. The third-order valence-electron chi connectivity index (χ3n) is 3.98. The van der Waals surface area contributed by atoms with Gasteiger partial charge in [0.05, 0.1) is 20.8 Å². The van der Waals surface area contributed by atoms with Crippen molar-refractivity contribution in [2.24, 2.45) is 0 Å². The average Bonchev–Trinajstić information content (AvgIpc) is 3.00. The number of alkyl carbamates (subject to hydrolysis) is 1. The fourth-order valence-electron chi connectivity index (χ4n) is 2.60. The maximum absolute atomic E-state index is 12.4. The number of carbonyl (C=O) groups excluding carboxylic acids is 3. The summed E-state index contributed by atoms with van der Waals surface area (Å²) >= 11 is 1.18. The van der Waals surface area contributed by atoms with Crippen molar-refractivity contribution in [1.29, 1.82) is 0 Å². The van der Waals surface area contributed by atoms with Crippen LogP contribution in [0.4, 0.5) is 4.79 Å². The molecule has 0 bridgehead atoms. The molecule has 1 amide bonds. The van der Waals surface area contributed by atoms with Gasteiger partial charge < -0.3 is 18.9 Å². The van der Waals surface area contributed by atoms with Gasteiger partial charge in [0.25, 0.3) is 0 Å². The Labute approximate surface area is 161 Å². The van der Waals surface area contributed by atoms with E-state index in [1.165, 1.54) is 26.0 Å². The van der Waals surface area contributed by atoms with E-state index in [1.807, 2.05) is 6.92 Å². The van der Waals surface area contributed by atoms with Gasteiger partial charge in [-0.2, -0.15) is 0 Å². The van der Waals surface area contributed by atoms with Crippen LogP contribution in [0.3, 0.4) is 0 Å². The number of methoxy groups -OCH3 is 2. The molecule has 1 aromatic rings. The molecule has 1 heterocycles. The third kappa shape index (κ3) is 4.72. The molecule has 2 atom stereocenters. The molecule has 1 N–H and O–H groups in total. The summed E-state index contributed by atoms with van der Waals surface area (Å²) in [4.78, 5) is 37.2. The van der Waals surface area contributed by atoms with E-state index in [9.17, 15) is 14.4 Å². The topological polar surface area (TPSA) is 100 Å². The van der Waals surface area contributed by atoms with Gasteiger partial charge in [-0.1, -0.05) is 31.5 Å². The monoisotopic (exact) mass is 397 g/mol. The minimum atomic E-state index is -1.62. The van der Waals surface area contributed by atoms with Gasteiger partial charge in [-0.15, -0.1) is 11.8 Å². The van der Waals surface area contributed by atoms with E-state index in [2.05, 4.69) is 10.1 Å². The van der Waals surface area contributed by atoms with E-state index in [-0.39, 0.29) is 6.61 Å². The summed E-state index contributed by atoms with van der Waals surface area (Å²) in [5.41, 5.74) is -1.08. The van der Waals surface area contributed by atoms with Gasteiger partial charge in [-0.05, 0) is 12.5 Å². The molecular weight excluding hydrogens is 374 g/mol. The Morgan fingerprint density at radius 2 is 1.93 bits per heavy atom. The van der Waals surface area contributed by atoms with Crippen LogP contribution in [0.25, 0.3) is 0 Å². The molecule has 0 fully saturated rings. The normalized spacial score (nSPS) is 20.5. The number of ether oxygens (including phenoxy) is 4. The van der Waals surface area contributed by atoms with E-state index in [4.69, 9.17) is 14.2 Å². The van der Waals surface area contributed by atoms with Gasteiger partial charge in [-0.25, -0.2) is 9.59 Å². The molecular formula is C18H23NO7S. The molecule has 1 aliphatic rings. The van der Waals surface area contributed by atoms with Crippen molar-refractivity contribution in [3.8, 4) is 0 Å². The SMILES string of the molecule is CCCCOC(=O)NC1(OCC(=O)OC)c2ccccc2SC1C(=O)OC. The zero-order valence-electron chi connectivity index (χ0n) is 15.5. The number of thioether (sulfide) groups is 1. The summed E-state index contributed by atoms with van der Waals surface area (Å²) in [6, 6.07) is 7.06. The van der Waals surface area contributed by atoms with E-state index in [1.54, 1.807) is 24.3 Å². The van der Waals surface area contributed by atoms with Crippen molar-refractivity contribution in [2.45, 2.75) is 35.6 Å². The zero-order valence-corrected chi connectivity index (χ0v) is 16.3. The average molecular weight is 397 g/mol. The second-order valence-corrected chi connectivity index (χ2v) is 6.88. The number of nitrogens with one attached hydrogen (secondary N) is 1. The molecule has 9 heteroatoms. The Balaban J connectivity index is 2.38. The number of esters is 2. The number of benzene rings is 1. The number of rotatable bonds is 8. The van der Waals surface area contributed by atoms with Crippen LogP contribution in [0, 0.1) is 0 Å². The van der Waals surface area contributed by atoms with Crippen LogP contribution in [0.1, 0.15) is 25.3 Å². The number of unbranched alkanes of at least 4 members (excludes halogenated alkanes) is 1. The van der Waals surface area contributed by atoms with E-state index >= 15 is 0 Å². The number of hydrogen-bond donors (Lipinski definition) is 1. The van der Waals surface area contributed by atoms with Crippen LogP contribution in [0.15, 0.2) is 29.2 Å². The van der Waals surface area contributed by atoms with Crippen molar-refractivity contribution < 1.29 is 33.3 Å². The summed E-state index contributed by atoms with van der Waals surface area (Å²) in [5, 5.41) is 1.68. The minimum absolute atomic E-state index is 0.229. The van der Waals surface area contributed by atoms with Gasteiger partial charge >= 0.3 is 18.0 Å². The lowest BCUT2D eigenvalue weighted by molar-refractivity contribution is -0.163. The van der Waals surface area contributed by atoms with Crippen molar-refractivity contribution in [2.75, 3.05) is 27.4 Å².